The van der Waals surface area contributed by atoms with Crippen LogP contribution in [0.1, 0.15) is 25.0 Å². The molecule has 1 aromatic rings. The minimum Gasteiger partial charge on any atom is -0.331 e. The van der Waals surface area contributed by atoms with Crippen molar-refractivity contribution in [3.8, 4) is 0 Å². The van der Waals surface area contributed by atoms with Gasteiger partial charge in [-0.2, -0.15) is 0 Å². The molecule has 3 heterocycles. The maximum absolute atomic E-state index is 11.4. The highest BCUT2D eigenvalue weighted by Gasteiger charge is 2.55. The molecule has 3 rings (SSSR count). The summed E-state index contributed by atoms with van der Waals surface area (Å²) in [6, 6.07) is 4.02. The first-order valence-corrected chi connectivity index (χ1v) is 5.94. The molecule has 0 spiro atoms. The number of β-lactam (4-membered cyclic amide) rings is 1. The van der Waals surface area contributed by atoms with Gasteiger partial charge in [-0.25, -0.2) is 0 Å². The van der Waals surface area contributed by atoms with Gasteiger partial charge in [-0.15, -0.1) is 0 Å². The summed E-state index contributed by atoms with van der Waals surface area (Å²) in [4.78, 5) is 17.8. The number of halogens is 1. The molecular weight excluding hydrogens is 256 g/mol. The molecule has 1 aromatic heterocycles. The third kappa shape index (κ3) is 1.17. The van der Waals surface area contributed by atoms with Crippen LogP contribution in [-0.2, 0) is 10.3 Å². The van der Waals surface area contributed by atoms with Crippen LogP contribution in [0.5, 0.6) is 0 Å². The second kappa shape index (κ2) is 3.04. The number of nitrogens with zero attached hydrogens (tertiary/aromatic N) is 2. The number of amides is 1. The zero-order chi connectivity index (χ0) is 10.5. The first-order chi connectivity index (χ1) is 7.22. The quantitative estimate of drug-likeness (QED) is 0.730. The molecule has 2 saturated heterocycles. The van der Waals surface area contributed by atoms with E-state index < -0.39 is 0 Å². The highest BCUT2D eigenvalue weighted by atomic mass is 79.9. The van der Waals surface area contributed by atoms with E-state index in [1.54, 1.807) is 0 Å². The van der Waals surface area contributed by atoms with Gasteiger partial charge in [0.05, 0.1) is 17.7 Å². The van der Waals surface area contributed by atoms with E-state index in [1.165, 1.54) is 0 Å². The second-order valence-electron chi connectivity index (χ2n) is 4.22. The van der Waals surface area contributed by atoms with Gasteiger partial charge in [-0.05, 0) is 40.9 Å². The third-order valence-corrected chi connectivity index (χ3v) is 3.91. The van der Waals surface area contributed by atoms with Crippen LogP contribution >= 0.6 is 15.9 Å². The number of rotatable bonds is 1. The van der Waals surface area contributed by atoms with Crippen molar-refractivity contribution >= 4 is 21.8 Å². The maximum Gasteiger partial charge on any atom is 0.226 e. The molecule has 2 fully saturated rings. The Morgan fingerprint density at radius 2 is 2.33 bits per heavy atom. The minimum absolute atomic E-state index is 0.0578. The predicted octanol–water partition coefficient (Wildman–Crippen LogP) is 2.07. The van der Waals surface area contributed by atoms with E-state index in [9.17, 15) is 4.79 Å². The van der Waals surface area contributed by atoms with Crippen LogP contribution in [0.2, 0.25) is 0 Å². The lowest BCUT2D eigenvalue weighted by molar-refractivity contribution is -0.153. The molecule has 0 aliphatic carbocycles. The van der Waals surface area contributed by atoms with Gasteiger partial charge in [0, 0.05) is 17.2 Å². The average Bonchev–Trinajstić information content (AvgIpc) is 2.57. The summed E-state index contributed by atoms with van der Waals surface area (Å²) in [5.74, 6) is 0.275. The first kappa shape index (κ1) is 9.33. The molecule has 15 heavy (non-hydrogen) atoms. The van der Waals surface area contributed by atoms with Crippen LogP contribution in [-0.4, -0.2) is 22.3 Å². The van der Waals surface area contributed by atoms with Crippen molar-refractivity contribution in [1.29, 1.82) is 0 Å². The third-order valence-electron chi connectivity index (χ3n) is 3.44. The van der Waals surface area contributed by atoms with Crippen LogP contribution in [0.4, 0.5) is 0 Å². The van der Waals surface area contributed by atoms with Gasteiger partial charge in [-0.3, -0.25) is 9.78 Å². The molecule has 0 aromatic carbocycles. The van der Waals surface area contributed by atoms with Crippen molar-refractivity contribution in [3.63, 3.8) is 0 Å². The summed E-state index contributed by atoms with van der Waals surface area (Å²) in [5, 5.41) is 0. The predicted molar refractivity (Wildman–Crippen MR) is 59.2 cm³/mol. The smallest absolute Gasteiger partial charge is 0.226 e. The summed E-state index contributed by atoms with van der Waals surface area (Å²) >= 11 is 3.37. The van der Waals surface area contributed by atoms with Gasteiger partial charge < -0.3 is 4.90 Å². The van der Waals surface area contributed by atoms with E-state index in [0.29, 0.717) is 6.42 Å². The molecule has 1 unspecified atom stereocenters. The number of fused-ring (bicyclic) bond motifs is 1. The molecule has 0 saturated carbocycles. The number of hydrogen-bond acceptors (Lipinski definition) is 2. The average molecular weight is 267 g/mol. The summed E-state index contributed by atoms with van der Waals surface area (Å²) < 4.78 is 0.984. The van der Waals surface area contributed by atoms with Crippen molar-refractivity contribution in [2.75, 3.05) is 6.54 Å². The molecule has 0 radical (unpaired) electrons. The molecule has 1 atom stereocenters. The molecular formula is C11H11BrN2O. The van der Waals surface area contributed by atoms with E-state index in [-0.39, 0.29) is 11.4 Å². The first-order valence-electron chi connectivity index (χ1n) is 5.15. The lowest BCUT2D eigenvalue weighted by Crippen LogP contribution is -2.57. The van der Waals surface area contributed by atoms with E-state index in [1.807, 2.05) is 23.2 Å². The Morgan fingerprint density at radius 3 is 3.00 bits per heavy atom. The van der Waals surface area contributed by atoms with Gasteiger partial charge >= 0.3 is 0 Å². The fourth-order valence-electron chi connectivity index (χ4n) is 2.69. The van der Waals surface area contributed by atoms with Crippen LogP contribution in [0, 0.1) is 0 Å². The summed E-state index contributed by atoms with van der Waals surface area (Å²) in [6.07, 6.45) is 4.61. The lowest BCUT2D eigenvalue weighted by atomic mass is 9.81. The normalized spacial score (nSPS) is 28.9. The van der Waals surface area contributed by atoms with Crippen molar-refractivity contribution < 1.29 is 4.79 Å². The van der Waals surface area contributed by atoms with Crippen LogP contribution in [0.25, 0.3) is 0 Å². The second-order valence-corrected chi connectivity index (χ2v) is 5.13. The summed E-state index contributed by atoms with van der Waals surface area (Å²) in [6.45, 7) is 0.899. The number of carbonyl (C=O) groups is 1. The van der Waals surface area contributed by atoms with Crippen molar-refractivity contribution in [2.45, 2.75) is 24.8 Å². The largest absolute Gasteiger partial charge is 0.331 e. The topological polar surface area (TPSA) is 33.2 Å². The van der Waals surface area contributed by atoms with Gasteiger partial charge in [0.1, 0.15) is 0 Å². The van der Waals surface area contributed by atoms with Crippen molar-refractivity contribution in [1.82, 2.24) is 9.88 Å². The Labute approximate surface area is 96.6 Å². The number of aromatic nitrogens is 1. The van der Waals surface area contributed by atoms with E-state index in [2.05, 4.69) is 20.9 Å². The maximum atomic E-state index is 11.4. The Bertz CT molecular complexity index is 417. The SMILES string of the molecule is O=C1CC2(c3ccc(Br)cn3)CCCN12. The summed E-state index contributed by atoms with van der Waals surface area (Å²) in [5.41, 5.74) is 0.987. The molecule has 78 valence electrons. The minimum atomic E-state index is -0.0578. The van der Waals surface area contributed by atoms with E-state index in [4.69, 9.17) is 0 Å². The highest BCUT2D eigenvalue weighted by molar-refractivity contribution is 9.10. The fourth-order valence-corrected chi connectivity index (χ4v) is 2.92. The highest BCUT2D eigenvalue weighted by Crippen LogP contribution is 2.48. The van der Waals surface area contributed by atoms with Gasteiger partial charge in [0.15, 0.2) is 0 Å². The van der Waals surface area contributed by atoms with Crippen molar-refractivity contribution in [2.24, 2.45) is 0 Å². The van der Waals surface area contributed by atoms with Gasteiger partial charge in [0.2, 0.25) is 5.91 Å². The van der Waals surface area contributed by atoms with E-state index >= 15 is 0 Å². The molecule has 0 bridgehead atoms. The number of carbonyl (C=O) groups excluding carboxylic acids is 1. The molecule has 2 aliphatic rings. The molecule has 3 nitrogen and oxygen atoms in total. The molecule has 0 N–H and O–H groups in total. The Morgan fingerprint density at radius 1 is 1.47 bits per heavy atom. The lowest BCUT2D eigenvalue weighted by Gasteiger charge is -2.46. The zero-order valence-corrected chi connectivity index (χ0v) is 9.83. The van der Waals surface area contributed by atoms with E-state index in [0.717, 1.165) is 29.6 Å². The van der Waals surface area contributed by atoms with Crippen molar-refractivity contribution in [3.05, 3.63) is 28.5 Å². The standard InChI is InChI=1S/C11H11BrN2O/c12-8-2-3-9(13-7-8)11-4-1-5-14(11)10(15)6-11/h2-3,7H,1,4-6H2. The molecule has 2 aliphatic heterocycles. The fraction of sp³-hybridized carbons (Fsp3) is 0.455. The number of pyridine rings is 1. The monoisotopic (exact) mass is 266 g/mol. The number of hydrogen-bond donors (Lipinski definition) is 0. The Balaban J connectivity index is 2.00. The Hall–Kier alpha value is -0.900. The molecule has 1 amide bonds. The van der Waals surface area contributed by atoms with Gasteiger partial charge in [-0.1, -0.05) is 0 Å². The van der Waals surface area contributed by atoms with Crippen LogP contribution < -0.4 is 0 Å². The molecule has 4 heteroatoms. The van der Waals surface area contributed by atoms with Crippen LogP contribution in [0.3, 0.4) is 0 Å². The Kier molecular flexibility index (Phi) is 1.89. The summed E-state index contributed by atoms with van der Waals surface area (Å²) in [7, 11) is 0. The van der Waals surface area contributed by atoms with Crippen LogP contribution in [0.15, 0.2) is 22.8 Å². The zero-order valence-electron chi connectivity index (χ0n) is 8.24. The van der Waals surface area contributed by atoms with Gasteiger partial charge in [0.25, 0.3) is 0 Å².